The molecule has 0 fully saturated rings. The quantitative estimate of drug-likeness (QED) is 0.850. The van der Waals surface area contributed by atoms with E-state index in [9.17, 15) is 4.39 Å². The molecule has 0 radical (unpaired) electrons. The van der Waals surface area contributed by atoms with Crippen LogP contribution in [0.4, 0.5) is 4.39 Å². The number of rotatable bonds is 2. The zero-order valence-corrected chi connectivity index (χ0v) is 8.95. The molecule has 4 heteroatoms. The van der Waals surface area contributed by atoms with Crippen LogP contribution in [-0.4, -0.2) is 0 Å². The third-order valence-electron chi connectivity index (χ3n) is 1.62. The van der Waals surface area contributed by atoms with Crippen molar-refractivity contribution in [3.8, 4) is 6.07 Å². The Morgan fingerprint density at radius 3 is 2.77 bits per heavy atom. The maximum absolute atomic E-state index is 12.9. The van der Waals surface area contributed by atoms with E-state index in [0.717, 1.165) is 3.57 Å². The van der Waals surface area contributed by atoms with Gasteiger partial charge in [0.1, 0.15) is 5.82 Å². The van der Waals surface area contributed by atoms with Gasteiger partial charge in [0.2, 0.25) is 0 Å². The van der Waals surface area contributed by atoms with Gasteiger partial charge in [-0.2, -0.15) is 5.26 Å². The smallest absolute Gasteiger partial charge is 0.124 e. The van der Waals surface area contributed by atoms with E-state index in [4.69, 9.17) is 11.0 Å². The summed E-state index contributed by atoms with van der Waals surface area (Å²) in [4.78, 5) is 0. The van der Waals surface area contributed by atoms with Gasteiger partial charge in [0, 0.05) is 9.61 Å². The Hall–Kier alpha value is -0.670. The molecule has 2 nitrogen and oxygen atoms in total. The lowest BCUT2D eigenvalue weighted by molar-refractivity contribution is 0.619. The minimum Gasteiger partial charge on any atom is -0.323 e. The summed E-state index contributed by atoms with van der Waals surface area (Å²) in [6.45, 7) is 0. The summed E-state index contributed by atoms with van der Waals surface area (Å²) >= 11 is 2.01. The van der Waals surface area contributed by atoms with Gasteiger partial charge in [-0.05, 0) is 46.4 Å². The molecular formula is C9H8FIN2. The van der Waals surface area contributed by atoms with Crippen LogP contribution in [0.15, 0.2) is 18.2 Å². The first-order valence-corrected chi connectivity index (χ1v) is 4.80. The maximum atomic E-state index is 12.9. The SMILES string of the molecule is N#CCC(N)c1cc(F)cc(I)c1. The summed E-state index contributed by atoms with van der Waals surface area (Å²) < 4.78 is 13.7. The lowest BCUT2D eigenvalue weighted by Crippen LogP contribution is -2.09. The molecule has 1 atom stereocenters. The van der Waals surface area contributed by atoms with Gasteiger partial charge in [0.05, 0.1) is 12.5 Å². The topological polar surface area (TPSA) is 49.8 Å². The number of nitrogens with two attached hydrogens (primary N) is 1. The van der Waals surface area contributed by atoms with Gasteiger partial charge >= 0.3 is 0 Å². The second-order valence-electron chi connectivity index (χ2n) is 2.67. The van der Waals surface area contributed by atoms with Gasteiger partial charge < -0.3 is 5.73 Å². The van der Waals surface area contributed by atoms with Crippen LogP contribution in [-0.2, 0) is 0 Å². The van der Waals surface area contributed by atoms with E-state index < -0.39 is 6.04 Å². The van der Waals surface area contributed by atoms with Crippen molar-refractivity contribution in [1.82, 2.24) is 0 Å². The summed E-state index contributed by atoms with van der Waals surface area (Å²) in [6, 6.07) is 6.13. The van der Waals surface area contributed by atoms with Gasteiger partial charge in [0.25, 0.3) is 0 Å². The maximum Gasteiger partial charge on any atom is 0.124 e. The van der Waals surface area contributed by atoms with E-state index in [2.05, 4.69) is 0 Å². The van der Waals surface area contributed by atoms with Crippen molar-refractivity contribution in [2.75, 3.05) is 0 Å². The number of hydrogen-bond donors (Lipinski definition) is 1. The van der Waals surface area contributed by atoms with E-state index in [0.29, 0.717) is 5.56 Å². The molecule has 13 heavy (non-hydrogen) atoms. The Balaban J connectivity index is 2.95. The van der Waals surface area contributed by atoms with Crippen molar-refractivity contribution in [3.05, 3.63) is 33.1 Å². The summed E-state index contributed by atoms with van der Waals surface area (Å²) in [6.07, 6.45) is 0.208. The van der Waals surface area contributed by atoms with E-state index in [1.54, 1.807) is 6.07 Å². The third kappa shape index (κ3) is 2.94. The number of nitrogens with zero attached hydrogens (tertiary/aromatic N) is 1. The van der Waals surface area contributed by atoms with Crippen LogP contribution in [0.1, 0.15) is 18.0 Å². The zero-order valence-electron chi connectivity index (χ0n) is 6.80. The molecule has 0 heterocycles. The lowest BCUT2D eigenvalue weighted by atomic mass is 10.1. The highest BCUT2D eigenvalue weighted by atomic mass is 127. The van der Waals surface area contributed by atoms with E-state index in [1.807, 2.05) is 28.7 Å². The second kappa shape index (κ2) is 4.53. The molecule has 1 unspecified atom stereocenters. The Kier molecular flexibility index (Phi) is 3.63. The molecule has 0 aromatic heterocycles. The second-order valence-corrected chi connectivity index (χ2v) is 3.92. The number of nitriles is 1. The molecule has 0 saturated carbocycles. The average Bonchev–Trinajstić information content (AvgIpc) is 2.03. The summed E-state index contributed by atoms with van der Waals surface area (Å²) in [5.41, 5.74) is 6.32. The number of benzene rings is 1. The largest absolute Gasteiger partial charge is 0.323 e. The molecule has 2 N–H and O–H groups in total. The summed E-state index contributed by atoms with van der Waals surface area (Å²) in [7, 11) is 0. The van der Waals surface area contributed by atoms with Crippen LogP contribution in [0.2, 0.25) is 0 Å². The Labute approximate surface area is 89.7 Å². The van der Waals surface area contributed by atoms with Gasteiger partial charge in [-0.1, -0.05) is 0 Å². The molecule has 0 aliphatic carbocycles. The van der Waals surface area contributed by atoms with Crippen molar-refractivity contribution in [2.45, 2.75) is 12.5 Å². The van der Waals surface area contributed by atoms with Crippen molar-refractivity contribution < 1.29 is 4.39 Å². The van der Waals surface area contributed by atoms with Crippen LogP contribution in [0.25, 0.3) is 0 Å². The van der Waals surface area contributed by atoms with E-state index in [1.165, 1.54) is 12.1 Å². The summed E-state index contributed by atoms with van der Waals surface area (Å²) in [5, 5.41) is 8.41. The molecule has 1 aromatic rings. The van der Waals surface area contributed by atoms with Crippen molar-refractivity contribution >= 4 is 22.6 Å². The highest BCUT2D eigenvalue weighted by Gasteiger charge is 2.07. The standard InChI is InChI=1S/C9H8FIN2/c10-7-3-6(4-8(11)5-7)9(13)1-2-12/h3-5,9H,1,13H2. The van der Waals surface area contributed by atoms with Crippen molar-refractivity contribution in [3.63, 3.8) is 0 Å². The highest BCUT2D eigenvalue weighted by molar-refractivity contribution is 14.1. The van der Waals surface area contributed by atoms with Crippen LogP contribution < -0.4 is 5.73 Å². The fourth-order valence-corrected chi connectivity index (χ4v) is 1.66. The molecule has 0 amide bonds. The fraction of sp³-hybridized carbons (Fsp3) is 0.222. The van der Waals surface area contributed by atoms with Gasteiger partial charge in [-0.25, -0.2) is 4.39 Å². The molecule has 0 saturated heterocycles. The molecule has 0 bridgehead atoms. The monoisotopic (exact) mass is 290 g/mol. The molecule has 1 aromatic carbocycles. The molecule has 0 aliphatic heterocycles. The first kappa shape index (κ1) is 10.4. The predicted molar refractivity (Wildman–Crippen MR) is 56.3 cm³/mol. The van der Waals surface area contributed by atoms with Crippen LogP contribution in [0, 0.1) is 20.7 Å². The minimum absolute atomic E-state index is 0.208. The first-order chi connectivity index (χ1) is 6.13. The first-order valence-electron chi connectivity index (χ1n) is 3.72. The Morgan fingerprint density at radius 2 is 2.23 bits per heavy atom. The van der Waals surface area contributed by atoms with Crippen LogP contribution in [0.3, 0.4) is 0 Å². The Morgan fingerprint density at radius 1 is 1.54 bits per heavy atom. The molecular weight excluding hydrogens is 282 g/mol. The molecule has 68 valence electrons. The van der Waals surface area contributed by atoms with Crippen molar-refractivity contribution in [1.29, 1.82) is 5.26 Å². The van der Waals surface area contributed by atoms with Crippen molar-refractivity contribution in [2.24, 2.45) is 5.73 Å². The van der Waals surface area contributed by atoms with Gasteiger partial charge in [-0.3, -0.25) is 0 Å². The van der Waals surface area contributed by atoms with Crippen LogP contribution >= 0.6 is 22.6 Å². The average molecular weight is 290 g/mol. The summed E-state index contributed by atoms with van der Waals surface area (Å²) in [5.74, 6) is -0.310. The Bertz CT molecular complexity index is 326. The predicted octanol–water partition coefficient (Wildman–Crippen LogP) is 2.34. The zero-order chi connectivity index (χ0) is 9.84. The molecule has 0 spiro atoms. The lowest BCUT2D eigenvalue weighted by Gasteiger charge is -2.07. The highest BCUT2D eigenvalue weighted by Crippen LogP contribution is 2.18. The molecule has 0 aliphatic rings. The van der Waals surface area contributed by atoms with Gasteiger partial charge in [0.15, 0.2) is 0 Å². The number of hydrogen-bond acceptors (Lipinski definition) is 2. The minimum atomic E-state index is -0.394. The molecule has 1 rings (SSSR count). The number of halogens is 2. The van der Waals surface area contributed by atoms with E-state index in [-0.39, 0.29) is 12.2 Å². The van der Waals surface area contributed by atoms with E-state index >= 15 is 0 Å². The van der Waals surface area contributed by atoms with Crippen LogP contribution in [0.5, 0.6) is 0 Å². The van der Waals surface area contributed by atoms with Gasteiger partial charge in [-0.15, -0.1) is 0 Å². The fourth-order valence-electron chi connectivity index (χ4n) is 1.01. The normalized spacial score (nSPS) is 12.2. The third-order valence-corrected chi connectivity index (χ3v) is 2.25.